The molecule has 2 saturated heterocycles. The Labute approximate surface area is 161 Å². The molecule has 1 aromatic carbocycles. The second kappa shape index (κ2) is 8.25. The Balaban J connectivity index is 1.55. The molecule has 2 aliphatic rings. The van der Waals surface area contributed by atoms with Gasteiger partial charge in [-0.2, -0.15) is 0 Å². The number of benzene rings is 1. The van der Waals surface area contributed by atoms with Crippen LogP contribution in [0.5, 0.6) is 0 Å². The first-order valence-electron chi connectivity index (χ1n) is 9.87. The molecule has 3 atom stereocenters. The van der Waals surface area contributed by atoms with Crippen LogP contribution in [-0.2, 0) is 4.79 Å². The molecule has 0 N–H and O–H groups in total. The third-order valence-electron chi connectivity index (χ3n) is 5.83. The van der Waals surface area contributed by atoms with Gasteiger partial charge < -0.3 is 9.80 Å². The van der Waals surface area contributed by atoms with Crippen molar-refractivity contribution >= 4 is 17.3 Å². The SMILES string of the molecule is C[C@@H]1C[C@H](C)CN(C(=O)[C@@H](C)N2CCN(c3ccc([N+](=O)[O-])cc3)CC2)C1. The largest absolute Gasteiger partial charge is 0.369 e. The van der Waals surface area contributed by atoms with Gasteiger partial charge in [0, 0.05) is 57.1 Å². The maximum atomic E-state index is 12.9. The van der Waals surface area contributed by atoms with Crippen LogP contribution in [0, 0.1) is 22.0 Å². The minimum Gasteiger partial charge on any atom is -0.369 e. The Morgan fingerprint density at radius 1 is 1.07 bits per heavy atom. The standard InChI is InChI=1S/C20H30N4O3/c1-15-12-16(2)14-23(13-15)20(25)17(3)21-8-10-22(11-9-21)18-4-6-19(7-5-18)24(26)27/h4-7,15-17H,8-14H2,1-3H3/t15-,16+,17-/m1/s1. The van der Waals surface area contributed by atoms with Gasteiger partial charge in [0.15, 0.2) is 0 Å². The second-order valence-corrected chi connectivity index (χ2v) is 8.16. The van der Waals surface area contributed by atoms with Crippen LogP contribution in [0.2, 0.25) is 0 Å². The van der Waals surface area contributed by atoms with E-state index in [-0.39, 0.29) is 22.6 Å². The average molecular weight is 374 g/mol. The van der Waals surface area contributed by atoms with Crippen LogP contribution in [-0.4, -0.2) is 65.9 Å². The van der Waals surface area contributed by atoms with Crippen molar-refractivity contribution in [3.63, 3.8) is 0 Å². The van der Waals surface area contributed by atoms with Crippen molar-refractivity contribution in [2.24, 2.45) is 11.8 Å². The van der Waals surface area contributed by atoms with E-state index in [9.17, 15) is 14.9 Å². The smallest absolute Gasteiger partial charge is 0.269 e. The fraction of sp³-hybridized carbons (Fsp3) is 0.650. The molecule has 0 aromatic heterocycles. The zero-order chi connectivity index (χ0) is 19.6. The molecule has 3 rings (SSSR count). The number of likely N-dealkylation sites (tertiary alicyclic amines) is 1. The number of piperidine rings is 1. The molecular weight excluding hydrogens is 344 g/mol. The maximum absolute atomic E-state index is 12.9. The molecule has 1 aromatic rings. The van der Waals surface area contributed by atoms with Crippen molar-refractivity contribution in [3.05, 3.63) is 34.4 Å². The maximum Gasteiger partial charge on any atom is 0.269 e. The number of rotatable bonds is 4. The van der Waals surface area contributed by atoms with E-state index in [2.05, 4.69) is 23.6 Å². The molecule has 7 heteroatoms. The number of carbonyl (C=O) groups excluding carboxylic acids is 1. The summed E-state index contributed by atoms with van der Waals surface area (Å²) in [6.45, 7) is 11.5. The minimum absolute atomic E-state index is 0.0958. The Hall–Kier alpha value is -2.15. The molecule has 27 heavy (non-hydrogen) atoms. The molecule has 2 heterocycles. The first-order chi connectivity index (χ1) is 12.8. The van der Waals surface area contributed by atoms with Gasteiger partial charge in [0.25, 0.3) is 5.69 Å². The molecule has 0 spiro atoms. The van der Waals surface area contributed by atoms with Crippen LogP contribution < -0.4 is 4.90 Å². The number of hydrogen-bond acceptors (Lipinski definition) is 5. The number of nitrogens with zero attached hydrogens (tertiary/aromatic N) is 4. The number of hydrogen-bond donors (Lipinski definition) is 0. The summed E-state index contributed by atoms with van der Waals surface area (Å²) in [7, 11) is 0. The number of nitro groups is 1. The van der Waals surface area contributed by atoms with Gasteiger partial charge in [-0.05, 0) is 37.3 Å². The summed E-state index contributed by atoms with van der Waals surface area (Å²) in [5.74, 6) is 1.39. The molecule has 0 saturated carbocycles. The predicted octanol–water partition coefficient (Wildman–Crippen LogP) is 2.61. The van der Waals surface area contributed by atoms with Crippen LogP contribution in [0.4, 0.5) is 11.4 Å². The Bertz CT molecular complexity index is 660. The normalized spacial score (nSPS) is 25.3. The van der Waals surface area contributed by atoms with Crippen molar-refractivity contribution in [2.45, 2.75) is 33.2 Å². The summed E-state index contributed by atoms with van der Waals surface area (Å²) in [5, 5.41) is 10.8. The topological polar surface area (TPSA) is 69.9 Å². The van der Waals surface area contributed by atoms with Crippen molar-refractivity contribution < 1.29 is 9.72 Å². The van der Waals surface area contributed by atoms with E-state index in [4.69, 9.17) is 0 Å². The van der Waals surface area contributed by atoms with E-state index >= 15 is 0 Å². The van der Waals surface area contributed by atoms with E-state index in [1.54, 1.807) is 24.3 Å². The highest BCUT2D eigenvalue weighted by atomic mass is 16.6. The quantitative estimate of drug-likeness (QED) is 0.598. The van der Waals surface area contributed by atoms with E-state index in [1.165, 1.54) is 6.42 Å². The molecule has 148 valence electrons. The third-order valence-corrected chi connectivity index (χ3v) is 5.83. The van der Waals surface area contributed by atoms with Crippen LogP contribution in [0.15, 0.2) is 24.3 Å². The van der Waals surface area contributed by atoms with Crippen LogP contribution in [0.3, 0.4) is 0 Å². The van der Waals surface area contributed by atoms with Gasteiger partial charge in [0.2, 0.25) is 5.91 Å². The van der Waals surface area contributed by atoms with Crippen molar-refractivity contribution in [1.29, 1.82) is 0 Å². The molecule has 7 nitrogen and oxygen atoms in total. The fourth-order valence-corrected chi connectivity index (χ4v) is 4.42. The summed E-state index contributed by atoms with van der Waals surface area (Å²) in [4.78, 5) is 29.9. The number of amides is 1. The van der Waals surface area contributed by atoms with Gasteiger partial charge in [0.05, 0.1) is 11.0 Å². The zero-order valence-electron chi connectivity index (χ0n) is 16.5. The number of carbonyl (C=O) groups is 1. The predicted molar refractivity (Wildman–Crippen MR) is 106 cm³/mol. The molecule has 2 fully saturated rings. The highest BCUT2D eigenvalue weighted by Gasteiger charge is 2.32. The highest BCUT2D eigenvalue weighted by molar-refractivity contribution is 5.81. The Morgan fingerprint density at radius 3 is 2.15 bits per heavy atom. The summed E-state index contributed by atoms with van der Waals surface area (Å²) >= 11 is 0. The molecule has 0 bridgehead atoms. The van der Waals surface area contributed by atoms with E-state index in [0.29, 0.717) is 11.8 Å². The monoisotopic (exact) mass is 374 g/mol. The van der Waals surface area contributed by atoms with Gasteiger partial charge in [0.1, 0.15) is 0 Å². The first-order valence-corrected chi connectivity index (χ1v) is 9.87. The number of piperazine rings is 1. The van der Waals surface area contributed by atoms with Crippen molar-refractivity contribution in [3.8, 4) is 0 Å². The first kappa shape index (κ1) is 19.6. The number of non-ortho nitro benzene ring substituents is 1. The molecule has 0 radical (unpaired) electrons. The average Bonchev–Trinajstić information content (AvgIpc) is 2.66. The Kier molecular flexibility index (Phi) is 5.99. The summed E-state index contributed by atoms with van der Waals surface area (Å²) in [5.41, 5.74) is 1.11. The lowest BCUT2D eigenvalue weighted by Gasteiger charge is -2.42. The second-order valence-electron chi connectivity index (χ2n) is 8.16. The molecule has 0 aliphatic carbocycles. The minimum atomic E-state index is -0.378. The van der Waals surface area contributed by atoms with Gasteiger partial charge >= 0.3 is 0 Å². The molecule has 1 amide bonds. The molecular formula is C20H30N4O3. The summed E-state index contributed by atoms with van der Waals surface area (Å²) in [6.07, 6.45) is 1.20. The number of anilines is 1. The van der Waals surface area contributed by atoms with Crippen LogP contribution >= 0.6 is 0 Å². The van der Waals surface area contributed by atoms with E-state index in [0.717, 1.165) is 45.0 Å². The lowest BCUT2D eigenvalue weighted by atomic mass is 9.91. The van der Waals surface area contributed by atoms with E-state index in [1.807, 2.05) is 11.8 Å². The number of nitro benzene ring substituents is 1. The molecule has 0 unspecified atom stereocenters. The van der Waals surface area contributed by atoms with Crippen molar-refractivity contribution in [1.82, 2.24) is 9.80 Å². The fourth-order valence-electron chi connectivity index (χ4n) is 4.42. The summed E-state index contributed by atoms with van der Waals surface area (Å²) < 4.78 is 0. The summed E-state index contributed by atoms with van der Waals surface area (Å²) in [6, 6.07) is 6.61. The highest BCUT2D eigenvalue weighted by Crippen LogP contribution is 2.24. The van der Waals surface area contributed by atoms with Gasteiger partial charge in [-0.15, -0.1) is 0 Å². The lowest BCUT2D eigenvalue weighted by molar-refractivity contribution is -0.384. The van der Waals surface area contributed by atoms with E-state index < -0.39 is 0 Å². The van der Waals surface area contributed by atoms with Gasteiger partial charge in [-0.1, -0.05) is 13.8 Å². The third kappa shape index (κ3) is 4.58. The lowest BCUT2D eigenvalue weighted by Crippen LogP contribution is -2.56. The van der Waals surface area contributed by atoms with Crippen LogP contribution in [0.1, 0.15) is 27.2 Å². The van der Waals surface area contributed by atoms with Gasteiger partial charge in [-0.3, -0.25) is 19.8 Å². The van der Waals surface area contributed by atoms with Gasteiger partial charge in [-0.25, -0.2) is 0 Å². The van der Waals surface area contributed by atoms with Crippen LogP contribution in [0.25, 0.3) is 0 Å². The van der Waals surface area contributed by atoms with Crippen molar-refractivity contribution in [2.75, 3.05) is 44.2 Å². The Morgan fingerprint density at radius 2 is 1.63 bits per heavy atom. The zero-order valence-corrected chi connectivity index (χ0v) is 16.5. The molecule has 2 aliphatic heterocycles.